The van der Waals surface area contributed by atoms with Crippen LogP contribution in [0.5, 0.6) is 5.75 Å². The molecule has 1 unspecified atom stereocenters. The number of ether oxygens (including phenoxy) is 1. The van der Waals surface area contributed by atoms with Gasteiger partial charge in [0.15, 0.2) is 0 Å². The van der Waals surface area contributed by atoms with Gasteiger partial charge in [-0.3, -0.25) is 13.9 Å². The van der Waals surface area contributed by atoms with Crippen LogP contribution >= 0.6 is 11.6 Å². The Hall–Kier alpha value is -4.34. The second kappa shape index (κ2) is 15.6. The Morgan fingerprint density at radius 2 is 1.47 bits per heavy atom. The quantitative estimate of drug-likeness (QED) is 0.182. The number of carbonyl (C=O) groups is 2. The summed E-state index contributed by atoms with van der Waals surface area (Å²) in [7, 11) is -2.80. The third-order valence-corrected chi connectivity index (χ3v) is 9.17. The third-order valence-electron chi connectivity index (χ3n) is 7.16. The summed E-state index contributed by atoms with van der Waals surface area (Å²) in [5, 5.41) is 3.46. The molecule has 0 bridgehead atoms. The summed E-state index contributed by atoms with van der Waals surface area (Å²) in [5.74, 6) is -0.444. The van der Waals surface area contributed by atoms with Crippen LogP contribution in [0.3, 0.4) is 0 Å². The van der Waals surface area contributed by atoms with Gasteiger partial charge in [0.2, 0.25) is 11.8 Å². The lowest BCUT2D eigenvalue weighted by Gasteiger charge is -2.34. The van der Waals surface area contributed by atoms with E-state index in [0.717, 1.165) is 9.87 Å². The topological polar surface area (TPSA) is 96.0 Å². The second-order valence-electron chi connectivity index (χ2n) is 11.0. The maximum atomic E-state index is 14.5. The van der Waals surface area contributed by atoms with E-state index in [1.165, 1.54) is 24.1 Å². The fraction of sp³-hybridized carbons (Fsp3) is 0.257. The predicted octanol–water partition coefficient (Wildman–Crippen LogP) is 5.96. The molecule has 0 fully saturated rings. The minimum atomic E-state index is -4.24. The first kappa shape index (κ1) is 33.6. The zero-order chi connectivity index (χ0) is 32.4. The number of nitrogens with zero attached hydrogens (tertiary/aromatic N) is 2. The molecule has 8 nitrogen and oxygen atoms in total. The molecule has 0 spiro atoms. The van der Waals surface area contributed by atoms with Crippen molar-refractivity contribution in [1.82, 2.24) is 10.2 Å². The van der Waals surface area contributed by atoms with Crippen LogP contribution in [0, 0.1) is 5.92 Å². The van der Waals surface area contributed by atoms with E-state index < -0.39 is 28.5 Å². The number of hydrogen-bond acceptors (Lipinski definition) is 5. The molecule has 0 radical (unpaired) electrons. The molecule has 0 aromatic heterocycles. The van der Waals surface area contributed by atoms with Crippen LogP contribution in [-0.2, 0) is 32.6 Å². The lowest BCUT2D eigenvalue weighted by molar-refractivity contribution is -0.140. The van der Waals surface area contributed by atoms with Gasteiger partial charge in [-0.05, 0) is 53.4 Å². The van der Waals surface area contributed by atoms with E-state index in [2.05, 4.69) is 5.32 Å². The van der Waals surface area contributed by atoms with Crippen molar-refractivity contribution in [2.75, 3.05) is 24.5 Å². The van der Waals surface area contributed by atoms with Crippen LogP contribution in [0.25, 0.3) is 0 Å². The molecule has 1 atom stereocenters. The minimum Gasteiger partial charge on any atom is -0.495 e. The number of nitrogens with one attached hydrogen (secondary N) is 1. The largest absolute Gasteiger partial charge is 0.495 e. The first-order valence-corrected chi connectivity index (χ1v) is 16.5. The molecule has 0 aliphatic rings. The van der Waals surface area contributed by atoms with Crippen LogP contribution < -0.4 is 14.4 Å². The number of carbonyl (C=O) groups excluding carboxylic acids is 2. The Morgan fingerprint density at radius 3 is 2.11 bits per heavy atom. The molecule has 10 heteroatoms. The van der Waals surface area contributed by atoms with E-state index in [1.807, 2.05) is 50.2 Å². The number of anilines is 1. The van der Waals surface area contributed by atoms with Gasteiger partial charge >= 0.3 is 0 Å². The molecule has 4 aromatic carbocycles. The van der Waals surface area contributed by atoms with Gasteiger partial charge < -0.3 is 15.0 Å². The summed E-state index contributed by atoms with van der Waals surface area (Å²) in [5.41, 5.74) is 1.74. The van der Waals surface area contributed by atoms with E-state index in [9.17, 15) is 18.0 Å². The van der Waals surface area contributed by atoms with Gasteiger partial charge in [-0.1, -0.05) is 98.2 Å². The number of rotatable bonds is 14. The summed E-state index contributed by atoms with van der Waals surface area (Å²) in [6, 6.07) is 30.0. The molecule has 0 aliphatic heterocycles. The standard InChI is InChI=1S/C35H38ClN3O5S/c1-26(2)23-37-35(41)32(22-27-13-6-4-7-14-27)38(24-28-15-12-16-29(36)21-28)34(40)25-39(31-19-10-11-20-33(31)44-3)45(42,43)30-17-8-5-9-18-30/h4-21,26,32H,22-25H2,1-3H3,(H,37,41). The molecule has 4 aromatic rings. The normalized spacial score (nSPS) is 11.9. The molecule has 4 rings (SSSR count). The van der Waals surface area contributed by atoms with Crippen LogP contribution in [-0.4, -0.2) is 51.4 Å². The average molecular weight is 648 g/mol. The average Bonchev–Trinajstić information content (AvgIpc) is 3.04. The Kier molecular flexibility index (Phi) is 11.6. The van der Waals surface area contributed by atoms with Crippen molar-refractivity contribution in [2.24, 2.45) is 5.92 Å². The van der Waals surface area contributed by atoms with Crippen molar-refractivity contribution in [1.29, 1.82) is 0 Å². The van der Waals surface area contributed by atoms with Crippen molar-refractivity contribution in [2.45, 2.75) is 37.8 Å². The smallest absolute Gasteiger partial charge is 0.264 e. The fourth-order valence-electron chi connectivity index (χ4n) is 4.88. The third kappa shape index (κ3) is 8.86. The lowest BCUT2D eigenvalue weighted by Crippen LogP contribution is -2.53. The van der Waals surface area contributed by atoms with E-state index >= 15 is 0 Å². The highest BCUT2D eigenvalue weighted by Crippen LogP contribution is 2.32. The van der Waals surface area contributed by atoms with E-state index in [-0.39, 0.29) is 41.1 Å². The van der Waals surface area contributed by atoms with E-state index in [4.69, 9.17) is 16.3 Å². The number of sulfonamides is 1. The zero-order valence-electron chi connectivity index (χ0n) is 25.6. The maximum absolute atomic E-state index is 14.5. The Bertz CT molecular complexity index is 1680. The molecule has 236 valence electrons. The van der Waals surface area contributed by atoms with Crippen molar-refractivity contribution in [3.63, 3.8) is 0 Å². The van der Waals surface area contributed by atoms with Crippen LogP contribution in [0.4, 0.5) is 5.69 Å². The highest BCUT2D eigenvalue weighted by molar-refractivity contribution is 7.92. The monoisotopic (exact) mass is 647 g/mol. The number of hydrogen-bond donors (Lipinski definition) is 1. The summed E-state index contributed by atoms with van der Waals surface area (Å²) in [6.07, 6.45) is 0.219. The van der Waals surface area contributed by atoms with Crippen LogP contribution in [0.15, 0.2) is 114 Å². The van der Waals surface area contributed by atoms with Crippen molar-refractivity contribution in [3.8, 4) is 5.75 Å². The first-order chi connectivity index (χ1) is 21.6. The second-order valence-corrected chi connectivity index (χ2v) is 13.3. The molecule has 2 amide bonds. The molecular weight excluding hydrogens is 610 g/mol. The van der Waals surface area contributed by atoms with E-state index in [0.29, 0.717) is 17.1 Å². The highest BCUT2D eigenvalue weighted by Gasteiger charge is 2.35. The fourth-order valence-corrected chi connectivity index (χ4v) is 6.54. The van der Waals surface area contributed by atoms with Gasteiger partial charge in [0.25, 0.3) is 10.0 Å². The van der Waals surface area contributed by atoms with Gasteiger partial charge in [-0.2, -0.15) is 0 Å². The summed E-state index contributed by atoms with van der Waals surface area (Å²) >= 11 is 6.31. The van der Waals surface area contributed by atoms with Crippen molar-refractivity contribution < 1.29 is 22.7 Å². The van der Waals surface area contributed by atoms with E-state index in [1.54, 1.807) is 60.7 Å². The van der Waals surface area contributed by atoms with Gasteiger partial charge in [0, 0.05) is 24.5 Å². The molecule has 0 saturated carbocycles. The Labute approximate surface area is 270 Å². The predicted molar refractivity (Wildman–Crippen MR) is 178 cm³/mol. The van der Waals surface area contributed by atoms with Crippen LogP contribution in [0.1, 0.15) is 25.0 Å². The number of halogens is 1. The first-order valence-electron chi connectivity index (χ1n) is 14.7. The Balaban J connectivity index is 1.82. The summed E-state index contributed by atoms with van der Waals surface area (Å²) in [6.45, 7) is 3.83. The molecule has 0 heterocycles. The van der Waals surface area contributed by atoms with Crippen molar-refractivity contribution in [3.05, 3.63) is 125 Å². The number of methoxy groups -OCH3 is 1. The molecule has 45 heavy (non-hydrogen) atoms. The molecular formula is C35H38ClN3O5S. The lowest BCUT2D eigenvalue weighted by atomic mass is 10.0. The number of benzene rings is 4. The number of para-hydroxylation sites is 2. The van der Waals surface area contributed by atoms with Gasteiger partial charge in [0.1, 0.15) is 18.3 Å². The highest BCUT2D eigenvalue weighted by atomic mass is 35.5. The van der Waals surface area contributed by atoms with Gasteiger partial charge in [-0.15, -0.1) is 0 Å². The SMILES string of the molecule is COc1ccccc1N(CC(=O)N(Cc1cccc(Cl)c1)C(Cc1ccccc1)C(=O)NCC(C)C)S(=O)(=O)c1ccccc1. The maximum Gasteiger partial charge on any atom is 0.264 e. The molecule has 0 aliphatic carbocycles. The molecule has 1 N–H and O–H groups in total. The zero-order valence-corrected chi connectivity index (χ0v) is 27.2. The molecule has 0 saturated heterocycles. The summed E-state index contributed by atoms with van der Waals surface area (Å²) in [4.78, 5) is 29.8. The summed E-state index contributed by atoms with van der Waals surface area (Å²) < 4.78 is 34.8. The minimum absolute atomic E-state index is 0.0145. The Morgan fingerprint density at radius 1 is 0.844 bits per heavy atom. The van der Waals surface area contributed by atoms with Crippen LogP contribution in [0.2, 0.25) is 5.02 Å². The van der Waals surface area contributed by atoms with Gasteiger partial charge in [-0.25, -0.2) is 8.42 Å². The number of amides is 2. The van der Waals surface area contributed by atoms with Crippen molar-refractivity contribution >= 4 is 39.1 Å². The van der Waals surface area contributed by atoms with Gasteiger partial charge in [0.05, 0.1) is 17.7 Å².